The van der Waals surface area contributed by atoms with Gasteiger partial charge in [-0.1, -0.05) is 0 Å². The van der Waals surface area contributed by atoms with E-state index in [0.29, 0.717) is 19.6 Å². The minimum Gasteiger partial charge on any atom is -0.385 e. The highest BCUT2D eigenvalue weighted by molar-refractivity contribution is 7.89. The van der Waals surface area contributed by atoms with Gasteiger partial charge in [-0.2, -0.15) is 0 Å². The molecule has 0 heterocycles. The van der Waals surface area contributed by atoms with Gasteiger partial charge in [-0.15, -0.1) is 0 Å². The Labute approximate surface area is 123 Å². The number of benzene rings is 1. The van der Waals surface area contributed by atoms with E-state index in [2.05, 4.69) is 5.32 Å². The summed E-state index contributed by atoms with van der Waals surface area (Å²) in [5, 5.41) is 13.5. The molecule has 0 aromatic heterocycles. The van der Waals surface area contributed by atoms with E-state index in [1.807, 2.05) is 0 Å². The van der Waals surface area contributed by atoms with Crippen LogP contribution in [-0.2, 0) is 14.8 Å². The van der Waals surface area contributed by atoms with Crippen molar-refractivity contribution in [2.75, 3.05) is 39.7 Å². The van der Waals surface area contributed by atoms with Gasteiger partial charge in [-0.3, -0.25) is 10.1 Å². The molecule has 1 N–H and O–H groups in total. The van der Waals surface area contributed by atoms with E-state index >= 15 is 0 Å². The Bertz CT molecular complexity index is 603. The summed E-state index contributed by atoms with van der Waals surface area (Å²) in [6.45, 7) is 0.768. The molecule has 0 atom stereocenters. The molecule has 1 aromatic rings. The number of nitro benzene ring substituents is 1. The highest BCUT2D eigenvalue weighted by atomic mass is 32.2. The molecule has 0 amide bonds. The third-order valence-electron chi connectivity index (χ3n) is 2.96. The van der Waals surface area contributed by atoms with Gasteiger partial charge < -0.3 is 10.1 Å². The van der Waals surface area contributed by atoms with Crippen LogP contribution < -0.4 is 5.32 Å². The maximum atomic E-state index is 12.4. The molecule has 0 unspecified atom stereocenters. The maximum absolute atomic E-state index is 12.4. The zero-order valence-corrected chi connectivity index (χ0v) is 13.0. The highest BCUT2D eigenvalue weighted by Crippen LogP contribution is 2.28. The van der Waals surface area contributed by atoms with Gasteiger partial charge in [0.25, 0.3) is 5.69 Å². The Hall–Kier alpha value is -1.71. The van der Waals surface area contributed by atoms with Crippen LogP contribution >= 0.6 is 0 Å². The molecule has 118 valence electrons. The van der Waals surface area contributed by atoms with Crippen LogP contribution in [0.3, 0.4) is 0 Å². The first-order chi connectivity index (χ1) is 9.84. The molecular weight excluding hydrogens is 298 g/mol. The summed E-state index contributed by atoms with van der Waals surface area (Å²) in [6.07, 6.45) is 0.568. The van der Waals surface area contributed by atoms with Crippen LogP contribution in [0, 0.1) is 10.1 Å². The van der Waals surface area contributed by atoms with Gasteiger partial charge in [0, 0.05) is 40.4 Å². The second-order valence-electron chi connectivity index (χ2n) is 4.36. The molecule has 0 spiro atoms. The number of nitrogens with one attached hydrogen (secondary N) is 1. The Balaban J connectivity index is 3.06. The molecule has 1 aromatic carbocycles. The van der Waals surface area contributed by atoms with Crippen molar-refractivity contribution < 1.29 is 18.1 Å². The van der Waals surface area contributed by atoms with Crippen molar-refractivity contribution in [1.82, 2.24) is 4.31 Å². The third kappa shape index (κ3) is 4.13. The first-order valence-electron chi connectivity index (χ1n) is 6.26. The summed E-state index contributed by atoms with van der Waals surface area (Å²) in [5.41, 5.74) is -0.00940. The molecule has 1 rings (SSSR count). The van der Waals surface area contributed by atoms with Crippen molar-refractivity contribution in [3.8, 4) is 0 Å². The second-order valence-corrected chi connectivity index (χ2v) is 6.40. The smallest absolute Gasteiger partial charge is 0.292 e. The lowest BCUT2D eigenvalue weighted by Crippen LogP contribution is -2.28. The average Bonchev–Trinajstić information content (AvgIpc) is 2.46. The van der Waals surface area contributed by atoms with Gasteiger partial charge in [0.2, 0.25) is 10.0 Å². The summed E-state index contributed by atoms with van der Waals surface area (Å²) >= 11 is 0. The number of ether oxygens (including phenoxy) is 1. The van der Waals surface area contributed by atoms with E-state index in [1.54, 1.807) is 7.11 Å². The molecule has 0 saturated carbocycles. The minimum absolute atomic E-state index is 0.0115. The largest absolute Gasteiger partial charge is 0.385 e. The lowest BCUT2D eigenvalue weighted by molar-refractivity contribution is -0.384. The van der Waals surface area contributed by atoms with Crippen LogP contribution in [0.2, 0.25) is 0 Å². The van der Waals surface area contributed by atoms with Crippen LogP contribution in [0.1, 0.15) is 6.42 Å². The summed E-state index contributed by atoms with van der Waals surface area (Å²) in [6, 6.07) is 3.68. The Morgan fingerprint density at radius 1 is 1.43 bits per heavy atom. The van der Waals surface area contributed by atoms with Crippen molar-refractivity contribution in [3.63, 3.8) is 0 Å². The average molecular weight is 317 g/mol. The number of anilines is 1. The molecule has 0 saturated heterocycles. The van der Waals surface area contributed by atoms with E-state index in [-0.39, 0.29) is 16.3 Å². The van der Waals surface area contributed by atoms with Crippen LogP contribution in [0.25, 0.3) is 0 Å². The lowest BCUT2D eigenvalue weighted by Gasteiger charge is -2.17. The van der Waals surface area contributed by atoms with Gasteiger partial charge in [-0.25, -0.2) is 12.7 Å². The summed E-state index contributed by atoms with van der Waals surface area (Å²) in [7, 11) is 0.831. The van der Waals surface area contributed by atoms with Crippen molar-refractivity contribution in [3.05, 3.63) is 28.3 Å². The van der Waals surface area contributed by atoms with Crippen LogP contribution in [0.4, 0.5) is 11.4 Å². The molecule has 0 aliphatic heterocycles. The van der Waals surface area contributed by atoms with Gasteiger partial charge >= 0.3 is 0 Å². The number of nitrogens with zero attached hydrogens (tertiary/aromatic N) is 2. The summed E-state index contributed by atoms with van der Waals surface area (Å²) in [4.78, 5) is 10.3. The van der Waals surface area contributed by atoms with Crippen LogP contribution in [0.5, 0.6) is 0 Å². The molecule has 0 aliphatic carbocycles. The first kappa shape index (κ1) is 17.3. The zero-order chi connectivity index (χ0) is 16.0. The molecule has 9 heteroatoms. The Morgan fingerprint density at radius 2 is 2.10 bits per heavy atom. The SMILES string of the molecule is CNc1cc(S(=O)(=O)N(C)CCCOC)ccc1[N+](=O)[O-]. The van der Waals surface area contributed by atoms with Gasteiger partial charge in [0.15, 0.2) is 0 Å². The fourth-order valence-corrected chi connectivity index (χ4v) is 3.00. The standard InChI is InChI=1S/C12H19N3O5S/c1-13-11-9-10(5-6-12(11)15(16)17)21(18,19)14(2)7-4-8-20-3/h5-6,9,13H,4,7-8H2,1-3H3. The van der Waals surface area contributed by atoms with Gasteiger partial charge in [0.1, 0.15) is 5.69 Å². The summed E-state index contributed by atoms with van der Waals surface area (Å²) < 4.78 is 30.8. The number of hydrogen-bond acceptors (Lipinski definition) is 6. The molecule has 0 aliphatic rings. The van der Waals surface area contributed by atoms with Crippen LogP contribution in [-0.4, -0.2) is 52.0 Å². The maximum Gasteiger partial charge on any atom is 0.292 e. The van der Waals surface area contributed by atoms with Gasteiger partial charge in [0.05, 0.1) is 9.82 Å². The van der Waals surface area contributed by atoms with E-state index < -0.39 is 14.9 Å². The normalized spacial score (nSPS) is 11.6. The minimum atomic E-state index is -3.68. The Kier molecular flexibility index (Phi) is 6.06. The quantitative estimate of drug-likeness (QED) is 0.440. The first-order valence-corrected chi connectivity index (χ1v) is 7.70. The molecule has 0 bridgehead atoms. The second kappa shape index (κ2) is 7.34. The third-order valence-corrected chi connectivity index (χ3v) is 4.82. The zero-order valence-electron chi connectivity index (χ0n) is 12.2. The van der Waals surface area contributed by atoms with E-state index in [1.165, 1.54) is 36.6 Å². The monoisotopic (exact) mass is 317 g/mol. The van der Waals surface area contributed by atoms with Crippen molar-refractivity contribution in [2.24, 2.45) is 0 Å². The lowest BCUT2D eigenvalue weighted by atomic mass is 10.3. The van der Waals surface area contributed by atoms with Crippen LogP contribution in [0.15, 0.2) is 23.1 Å². The molecule has 8 nitrogen and oxygen atoms in total. The topological polar surface area (TPSA) is 102 Å². The van der Waals surface area contributed by atoms with E-state index in [0.717, 1.165) is 0 Å². The number of sulfonamides is 1. The Morgan fingerprint density at radius 3 is 2.62 bits per heavy atom. The van der Waals surface area contributed by atoms with Crippen molar-refractivity contribution in [1.29, 1.82) is 0 Å². The number of methoxy groups -OCH3 is 1. The molecule has 0 radical (unpaired) electrons. The predicted molar refractivity (Wildman–Crippen MR) is 79.0 cm³/mol. The van der Waals surface area contributed by atoms with Crippen molar-refractivity contribution >= 4 is 21.4 Å². The fraction of sp³-hybridized carbons (Fsp3) is 0.500. The molecular formula is C12H19N3O5S. The molecule has 21 heavy (non-hydrogen) atoms. The highest BCUT2D eigenvalue weighted by Gasteiger charge is 2.23. The van der Waals surface area contributed by atoms with Gasteiger partial charge in [-0.05, 0) is 18.6 Å². The fourth-order valence-electron chi connectivity index (χ4n) is 1.77. The number of nitro groups is 1. The van der Waals surface area contributed by atoms with E-state index in [4.69, 9.17) is 4.74 Å². The van der Waals surface area contributed by atoms with E-state index in [9.17, 15) is 18.5 Å². The molecule has 0 fully saturated rings. The summed E-state index contributed by atoms with van der Waals surface area (Å²) in [5.74, 6) is 0. The predicted octanol–water partition coefficient (Wildman–Crippen LogP) is 1.29. The number of hydrogen-bond donors (Lipinski definition) is 1. The van der Waals surface area contributed by atoms with Crippen molar-refractivity contribution in [2.45, 2.75) is 11.3 Å². The number of rotatable bonds is 8.